The normalized spacial score (nSPS) is 12.7. The summed E-state index contributed by atoms with van der Waals surface area (Å²) in [6, 6.07) is 6.97. The van der Waals surface area contributed by atoms with E-state index in [2.05, 4.69) is 0 Å². The van der Waals surface area contributed by atoms with Gasteiger partial charge in [0.05, 0.1) is 17.7 Å². The number of likely N-dealkylation sites (N-methyl/N-ethyl adjacent to an activating group) is 1. The number of nitrogens with zero attached hydrogens (tertiary/aromatic N) is 1. The molecule has 0 amide bonds. The summed E-state index contributed by atoms with van der Waals surface area (Å²) in [6.45, 7) is 2.77. The minimum absolute atomic E-state index is 0.0252. The van der Waals surface area contributed by atoms with Crippen molar-refractivity contribution in [2.75, 3.05) is 20.1 Å². The maximum absolute atomic E-state index is 12.8. The van der Waals surface area contributed by atoms with Crippen molar-refractivity contribution in [2.24, 2.45) is 0 Å². The number of benzene rings is 2. The maximum Gasteiger partial charge on any atom is 0.320 e. The van der Waals surface area contributed by atoms with E-state index >= 15 is 0 Å². The zero-order chi connectivity index (χ0) is 20.4. The van der Waals surface area contributed by atoms with Crippen LogP contribution >= 0.6 is 0 Å². The van der Waals surface area contributed by atoms with Gasteiger partial charge in [-0.15, -0.1) is 0 Å². The standard InChI is InChI=1S/C21H21NO6/c1-3-7-22(2)10-17(25)28-11-12-8-14-19(16(24)9-12)21(27)18-13(20(14)26)5-4-6-15(18)23/h4-6,8-9,23-24H,3,7,10-11H2,1-2H3. The topological polar surface area (TPSA) is 104 Å². The van der Waals surface area contributed by atoms with Crippen LogP contribution < -0.4 is 0 Å². The highest BCUT2D eigenvalue weighted by Crippen LogP contribution is 2.37. The minimum Gasteiger partial charge on any atom is -0.507 e. The summed E-state index contributed by atoms with van der Waals surface area (Å²) < 4.78 is 5.21. The van der Waals surface area contributed by atoms with E-state index in [1.807, 2.05) is 18.9 Å². The number of rotatable bonds is 6. The monoisotopic (exact) mass is 383 g/mol. The summed E-state index contributed by atoms with van der Waals surface area (Å²) in [7, 11) is 1.81. The molecule has 1 aliphatic rings. The molecule has 7 heteroatoms. The number of fused-ring (bicyclic) bond motifs is 2. The van der Waals surface area contributed by atoms with Crippen molar-refractivity contribution in [3.05, 3.63) is 58.1 Å². The Labute approximate surface area is 162 Å². The number of aromatic hydroxyl groups is 2. The maximum atomic E-state index is 12.8. The summed E-state index contributed by atoms with van der Waals surface area (Å²) in [5.74, 6) is -2.23. The lowest BCUT2D eigenvalue weighted by Gasteiger charge is -2.20. The van der Waals surface area contributed by atoms with Crippen molar-refractivity contribution in [1.29, 1.82) is 0 Å². The molecule has 0 unspecified atom stereocenters. The lowest BCUT2D eigenvalue weighted by Crippen LogP contribution is -2.28. The molecule has 0 atom stereocenters. The molecule has 2 aromatic rings. The first-order valence-corrected chi connectivity index (χ1v) is 8.94. The first-order chi connectivity index (χ1) is 13.3. The van der Waals surface area contributed by atoms with Gasteiger partial charge in [-0.1, -0.05) is 19.1 Å². The molecule has 0 spiro atoms. The number of ether oxygens (including phenoxy) is 1. The number of carbonyl (C=O) groups is 3. The fourth-order valence-corrected chi connectivity index (χ4v) is 3.31. The molecule has 0 bridgehead atoms. The second-order valence-electron chi connectivity index (χ2n) is 6.79. The van der Waals surface area contributed by atoms with Crippen LogP contribution in [-0.2, 0) is 16.1 Å². The number of phenols is 2. The van der Waals surface area contributed by atoms with Crippen LogP contribution in [-0.4, -0.2) is 52.8 Å². The van der Waals surface area contributed by atoms with Gasteiger partial charge in [-0.05, 0) is 43.8 Å². The van der Waals surface area contributed by atoms with Gasteiger partial charge in [0.2, 0.25) is 5.78 Å². The molecular weight excluding hydrogens is 362 g/mol. The Morgan fingerprint density at radius 2 is 1.75 bits per heavy atom. The van der Waals surface area contributed by atoms with Crippen LogP contribution in [0.4, 0.5) is 0 Å². The molecule has 2 N–H and O–H groups in total. The lowest BCUT2D eigenvalue weighted by atomic mass is 9.82. The summed E-state index contributed by atoms with van der Waals surface area (Å²) in [6.07, 6.45) is 0.912. The Morgan fingerprint density at radius 1 is 1.04 bits per heavy atom. The largest absolute Gasteiger partial charge is 0.507 e. The third kappa shape index (κ3) is 3.61. The van der Waals surface area contributed by atoms with Crippen LogP contribution in [0.3, 0.4) is 0 Å². The fourth-order valence-electron chi connectivity index (χ4n) is 3.31. The van der Waals surface area contributed by atoms with Gasteiger partial charge in [-0.25, -0.2) is 0 Å². The first kappa shape index (κ1) is 19.6. The van der Waals surface area contributed by atoms with Crippen LogP contribution in [0.2, 0.25) is 0 Å². The molecule has 0 heterocycles. The molecule has 0 radical (unpaired) electrons. The minimum atomic E-state index is -0.620. The Morgan fingerprint density at radius 3 is 2.46 bits per heavy atom. The molecule has 0 fully saturated rings. The summed E-state index contributed by atoms with van der Waals surface area (Å²) in [4.78, 5) is 39.2. The van der Waals surface area contributed by atoms with E-state index in [9.17, 15) is 24.6 Å². The Hall–Kier alpha value is -3.19. The number of ketones is 2. The molecular formula is C21H21NO6. The molecule has 0 saturated heterocycles. The van der Waals surface area contributed by atoms with Gasteiger partial charge >= 0.3 is 5.97 Å². The Kier molecular flexibility index (Phi) is 5.46. The SMILES string of the molecule is CCCN(C)CC(=O)OCc1cc(O)c2c(c1)C(=O)c1cccc(O)c1C2=O. The molecule has 3 rings (SSSR count). The van der Waals surface area contributed by atoms with Crippen LogP contribution in [0, 0.1) is 0 Å². The molecule has 2 aromatic carbocycles. The van der Waals surface area contributed by atoms with E-state index in [0.29, 0.717) is 5.56 Å². The highest BCUT2D eigenvalue weighted by Gasteiger charge is 2.34. The first-order valence-electron chi connectivity index (χ1n) is 8.94. The molecule has 28 heavy (non-hydrogen) atoms. The average molecular weight is 383 g/mol. The van der Waals surface area contributed by atoms with Gasteiger partial charge in [0, 0.05) is 11.1 Å². The predicted octanol–water partition coefficient (Wildman–Crippen LogP) is 2.26. The van der Waals surface area contributed by atoms with Crippen molar-refractivity contribution in [3.63, 3.8) is 0 Å². The highest BCUT2D eigenvalue weighted by atomic mass is 16.5. The van der Waals surface area contributed by atoms with E-state index in [-0.39, 0.29) is 46.9 Å². The predicted molar refractivity (Wildman–Crippen MR) is 101 cm³/mol. The summed E-state index contributed by atoms with van der Waals surface area (Å²) in [5.41, 5.74) is 0.224. The van der Waals surface area contributed by atoms with Crippen LogP contribution in [0.25, 0.3) is 0 Å². The second-order valence-corrected chi connectivity index (χ2v) is 6.79. The Balaban J connectivity index is 1.85. The molecule has 0 aliphatic heterocycles. The van der Waals surface area contributed by atoms with E-state index in [1.165, 1.54) is 30.3 Å². The fraction of sp³-hybridized carbons (Fsp3) is 0.286. The van der Waals surface area contributed by atoms with Crippen molar-refractivity contribution in [1.82, 2.24) is 4.90 Å². The quantitative estimate of drug-likeness (QED) is 0.629. The van der Waals surface area contributed by atoms with Gasteiger partial charge in [-0.2, -0.15) is 0 Å². The number of esters is 1. The van der Waals surface area contributed by atoms with Gasteiger partial charge < -0.3 is 14.9 Å². The van der Waals surface area contributed by atoms with Crippen molar-refractivity contribution < 1.29 is 29.3 Å². The van der Waals surface area contributed by atoms with E-state index < -0.39 is 17.5 Å². The Bertz CT molecular complexity index is 966. The number of phenolic OH excluding ortho intramolecular Hbond substituents is 2. The van der Waals surface area contributed by atoms with Crippen molar-refractivity contribution in [2.45, 2.75) is 20.0 Å². The smallest absolute Gasteiger partial charge is 0.320 e. The molecule has 1 aliphatic carbocycles. The zero-order valence-corrected chi connectivity index (χ0v) is 15.7. The molecule has 7 nitrogen and oxygen atoms in total. The van der Waals surface area contributed by atoms with Crippen LogP contribution in [0.1, 0.15) is 50.8 Å². The molecule has 146 valence electrons. The van der Waals surface area contributed by atoms with Crippen LogP contribution in [0.5, 0.6) is 11.5 Å². The number of hydrogen-bond donors (Lipinski definition) is 2. The van der Waals surface area contributed by atoms with E-state index in [1.54, 1.807) is 0 Å². The summed E-state index contributed by atoms with van der Waals surface area (Å²) in [5, 5.41) is 20.3. The van der Waals surface area contributed by atoms with E-state index in [4.69, 9.17) is 4.74 Å². The van der Waals surface area contributed by atoms with Gasteiger partial charge in [0.15, 0.2) is 5.78 Å². The zero-order valence-electron chi connectivity index (χ0n) is 15.7. The number of hydrogen-bond acceptors (Lipinski definition) is 7. The lowest BCUT2D eigenvalue weighted by molar-refractivity contribution is -0.145. The van der Waals surface area contributed by atoms with Crippen LogP contribution in [0.15, 0.2) is 30.3 Å². The average Bonchev–Trinajstić information content (AvgIpc) is 2.64. The van der Waals surface area contributed by atoms with E-state index in [0.717, 1.165) is 13.0 Å². The third-order valence-corrected chi connectivity index (χ3v) is 4.57. The summed E-state index contributed by atoms with van der Waals surface area (Å²) >= 11 is 0. The molecule has 0 aromatic heterocycles. The van der Waals surface area contributed by atoms with Gasteiger partial charge in [0.25, 0.3) is 0 Å². The second kappa shape index (κ2) is 7.82. The van der Waals surface area contributed by atoms with Gasteiger partial charge in [0.1, 0.15) is 18.1 Å². The van der Waals surface area contributed by atoms with Crippen molar-refractivity contribution >= 4 is 17.5 Å². The van der Waals surface area contributed by atoms with Gasteiger partial charge in [-0.3, -0.25) is 19.3 Å². The third-order valence-electron chi connectivity index (χ3n) is 4.57. The van der Waals surface area contributed by atoms with Crippen molar-refractivity contribution in [3.8, 4) is 11.5 Å². The number of carbonyl (C=O) groups excluding carboxylic acids is 3. The highest BCUT2D eigenvalue weighted by molar-refractivity contribution is 6.30. The molecule has 0 saturated carbocycles.